The van der Waals surface area contributed by atoms with Crippen LogP contribution >= 0.6 is 11.6 Å². The lowest BCUT2D eigenvalue weighted by Gasteiger charge is -2.43. The fourth-order valence-electron chi connectivity index (χ4n) is 8.74. The number of likely N-dealkylation sites (N-methyl/N-ethyl adjacent to an activating group) is 1. The largest absolute Gasteiger partial charge is 0.381 e. The molecule has 5 aliphatic rings. The Hall–Kier alpha value is -2.20. The van der Waals surface area contributed by atoms with Crippen LogP contribution in [0.2, 0.25) is 5.02 Å². The smallest absolute Gasteiger partial charge is 0.252 e. The molecular weight excluding hydrogens is 604 g/mol. The number of rotatable bonds is 7. The van der Waals surface area contributed by atoms with Crippen molar-refractivity contribution >= 4 is 29.3 Å². The summed E-state index contributed by atoms with van der Waals surface area (Å²) in [6, 6.07) is 7.54. The van der Waals surface area contributed by atoms with Crippen LogP contribution in [0.3, 0.4) is 0 Å². The van der Waals surface area contributed by atoms with Crippen LogP contribution in [0.1, 0.15) is 83.1 Å². The van der Waals surface area contributed by atoms with Gasteiger partial charge in [0, 0.05) is 76.6 Å². The molecule has 254 valence electrons. The van der Waals surface area contributed by atoms with Crippen LogP contribution in [-0.2, 0) is 23.9 Å². The molecule has 1 saturated carbocycles. The van der Waals surface area contributed by atoms with E-state index in [0.29, 0.717) is 37.2 Å². The molecule has 0 radical (unpaired) electrons. The van der Waals surface area contributed by atoms with E-state index >= 15 is 0 Å². The molecule has 0 aromatic heterocycles. The predicted octanol–water partition coefficient (Wildman–Crippen LogP) is 4.57. The van der Waals surface area contributed by atoms with Gasteiger partial charge in [0.05, 0.1) is 12.0 Å². The summed E-state index contributed by atoms with van der Waals surface area (Å²) < 4.78 is 11.6. The van der Waals surface area contributed by atoms with Crippen LogP contribution in [0.25, 0.3) is 0 Å². The van der Waals surface area contributed by atoms with Crippen molar-refractivity contribution in [3.8, 4) is 0 Å². The third-order valence-corrected chi connectivity index (χ3v) is 11.8. The van der Waals surface area contributed by atoms with Gasteiger partial charge in [-0.15, -0.1) is 0 Å². The van der Waals surface area contributed by atoms with E-state index in [9.17, 15) is 14.4 Å². The number of amides is 3. The lowest BCUT2D eigenvalue weighted by atomic mass is 9.75. The van der Waals surface area contributed by atoms with Gasteiger partial charge in [-0.2, -0.15) is 0 Å². The minimum atomic E-state index is -0.602. The molecule has 5 fully saturated rings. The van der Waals surface area contributed by atoms with E-state index in [0.717, 1.165) is 76.7 Å². The van der Waals surface area contributed by atoms with E-state index in [1.165, 1.54) is 0 Å². The summed E-state index contributed by atoms with van der Waals surface area (Å²) in [7, 11) is 3.52. The first kappa shape index (κ1) is 33.7. The fourth-order valence-corrected chi connectivity index (χ4v) is 8.87. The van der Waals surface area contributed by atoms with Gasteiger partial charge >= 0.3 is 0 Å². The van der Waals surface area contributed by atoms with E-state index in [-0.39, 0.29) is 47.1 Å². The van der Waals surface area contributed by atoms with Crippen molar-refractivity contribution in [1.82, 2.24) is 19.6 Å². The van der Waals surface area contributed by atoms with Crippen LogP contribution in [0.15, 0.2) is 24.3 Å². The molecule has 4 aliphatic heterocycles. The van der Waals surface area contributed by atoms with E-state index in [2.05, 4.69) is 23.6 Å². The van der Waals surface area contributed by atoms with E-state index in [1.807, 2.05) is 29.2 Å². The van der Waals surface area contributed by atoms with E-state index < -0.39 is 12.1 Å². The molecule has 1 aromatic rings. The van der Waals surface area contributed by atoms with Crippen molar-refractivity contribution in [3.63, 3.8) is 0 Å². The van der Waals surface area contributed by atoms with Gasteiger partial charge in [-0.1, -0.05) is 37.6 Å². The Morgan fingerprint density at radius 2 is 1.57 bits per heavy atom. The Morgan fingerprint density at radius 3 is 2.20 bits per heavy atom. The van der Waals surface area contributed by atoms with Crippen molar-refractivity contribution in [2.75, 3.05) is 53.6 Å². The average Bonchev–Trinajstić information content (AvgIpc) is 3.83. The van der Waals surface area contributed by atoms with E-state index in [4.69, 9.17) is 21.1 Å². The van der Waals surface area contributed by atoms with Gasteiger partial charge in [0.25, 0.3) is 5.91 Å². The molecular formula is C36H53ClN4O5. The summed E-state index contributed by atoms with van der Waals surface area (Å²) in [5.74, 6) is -0.313. The van der Waals surface area contributed by atoms with Crippen LogP contribution in [0.4, 0.5) is 0 Å². The van der Waals surface area contributed by atoms with Crippen LogP contribution < -0.4 is 0 Å². The molecule has 10 heteroatoms. The standard InChI is InChI=1S/C36H53ClN4O5/c1-36(2)15-11-27(12-16-36)41(35(44)32-6-5-17-46-32)28-20-31(34(43)38(3)4)40(21-28)33(42)30-23-39(26-13-18-45-19-14-26)22-29(30)24-7-9-25(37)10-8-24/h7-10,26-32H,5-6,11-23H2,1-4H3/t28-,29-,30+,31-,32-/m0/s1. The van der Waals surface area contributed by atoms with E-state index in [1.54, 1.807) is 19.0 Å². The van der Waals surface area contributed by atoms with Crippen molar-refractivity contribution in [3.05, 3.63) is 34.9 Å². The molecule has 4 heterocycles. The SMILES string of the molecule is CN(C)C(=O)[C@@H]1C[C@H](N(C(=O)[C@@H]2CCCO2)C2CCC(C)(C)CC2)CN1C(=O)[C@@H]1CN(C2CCOCC2)C[C@H]1c1ccc(Cl)cc1. The van der Waals surface area contributed by atoms with Gasteiger partial charge < -0.3 is 24.2 Å². The molecule has 6 rings (SSSR count). The summed E-state index contributed by atoms with van der Waals surface area (Å²) in [6.45, 7) is 8.51. The first-order valence-corrected chi connectivity index (χ1v) is 17.9. The van der Waals surface area contributed by atoms with Gasteiger partial charge in [-0.05, 0) is 80.9 Å². The molecule has 0 unspecified atom stereocenters. The maximum atomic E-state index is 14.9. The highest BCUT2D eigenvalue weighted by Gasteiger charge is 2.51. The molecule has 0 bridgehead atoms. The maximum Gasteiger partial charge on any atom is 0.252 e. The fraction of sp³-hybridized carbons (Fsp3) is 0.750. The topological polar surface area (TPSA) is 82.6 Å². The van der Waals surface area contributed by atoms with Crippen LogP contribution in [-0.4, -0.2) is 121 Å². The molecule has 46 heavy (non-hydrogen) atoms. The second-order valence-corrected chi connectivity index (χ2v) is 15.8. The quantitative estimate of drug-likeness (QED) is 0.428. The highest BCUT2D eigenvalue weighted by molar-refractivity contribution is 6.30. The highest BCUT2D eigenvalue weighted by atomic mass is 35.5. The molecule has 3 amide bonds. The molecule has 1 aromatic carbocycles. The van der Waals surface area contributed by atoms with Crippen molar-refractivity contribution in [2.24, 2.45) is 11.3 Å². The zero-order chi connectivity index (χ0) is 32.6. The minimum absolute atomic E-state index is 0.00744. The molecule has 9 nitrogen and oxygen atoms in total. The van der Waals surface area contributed by atoms with Gasteiger partial charge in [0.1, 0.15) is 12.1 Å². The summed E-state index contributed by atoms with van der Waals surface area (Å²) in [5, 5.41) is 0.673. The lowest BCUT2D eigenvalue weighted by Crippen LogP contribution is -2.53. The third kappa shape index (κ3) is 7.13. The monoisotopic (exact) mass is 656 g/mol. The molecule has 5 atom stereocenters. The normalized spacial score (nSPS) is 30.9. The number of likely N-dealkylation sites (tertiary alicyclic amines) is 2. The van der Waals surface area contributed by atoms with Crippen molar-refractivity contribution < 1.29 is 23.9 Å². The molecule has 1 aliphatic carbocycles. The van der Waals surface area contributed by atoms with Gasteiger partial charge in [-0.3, -0.25) is 19.3 Å². The minimum Gasteiger partial charge on any atom is -0.381 e. The van der Waals surface area contributed by atoms with Gasteiger partial charge in [-0.25, -0.2) is 0 Å². The predicted molar refractivity (Wildman–Crippen MR) is 178 cm³/mol. The summed E-state index contributed by atoms with van der Waals surface area (Å²) in [6.07, 6.45) is 7.54. The van der Waals surface area contributed by atoms with Crippen LogP contribution in [0.5, 0.6) is 0 Å². The number of carbonyl (C=O) groups excluding carboxylic acids is 3. The number of nitrogens with zero attached hydrogens (tertiary/aromatic N) is 4. The Bertz CT molecular complexity index is 1240. The lowest BCUT2D eigenvalue weighted by molar-refractivity contribution is -0.148. The Balaban J connectivity index is 1.29. The highest BCUT2D eigenvalue weighted by Crippen LogP contribution is 2.42. The Kier molecular flexibility index (Phi) is 10.3. The first-order valence-electron chi connectivity index (χ1n) is 17.5. The summed E-state index contributed by atoms with van der Waals surface area (Å²) in [5.41, 5.74) is 1.36. The number of ether oxygens (including phenoxy) is 2. The maximum absolute atomic E-state index is 14.9. The van der Waals surface area contributed by atoms with Gasteiger partial charge in [0.15, 0.2) is 0 Å². The Morgan fingerprint density at radius 1 is 0.870 bits per heavy atom. The third-order valence-electron chi connectivity index (χ3n) is 11.5. The van der Waals surface area contributed by atoms with Crippen molar-refractivity contribution in [1.29, 1.82) is 0 Å². The number of benzene rings is 1. The molecule has 0 N–H and O–H groups in total. The number of halogens is 1. The average molecular weight is 657 g/mol. The van der Waals surface area contributed by atoms with Crippen molar-refractivity contribution in [2.45, 2.75) is 108 Å². The number of hydrogen-bond donors (Lipinski definition) is 0. The number of carbonyl (C=O) groups is 3. The van der Waals surface area contributed by atoms with Crippen LogP contribution in [0, 0.1) is 11.3 Å². The summed E-state index contributed by atoms with van der Waals surface area (Å²) >= 11 is 6.27. The van der Waals surface area contributed by atoms with Gasteiger partial charge in [0.2, 0.25) is 11.8 Å². The molecule has 0 spiro atoms. The first-order chi connectivity index (χ1) is 22.0. The summed E-state index contributed by atoms with van der Waals surface area (Å²) in [4.78, 5) is 50.8. The molecule has 4 saturated heterocycles. The number of hydrogen-bond acceptors (Lipinski definition) is 6. The Labute approximate surface area is 279 Å². The zero-order valence-corrected chi connectivity index (χ0v) is 28.9. The second kappa shape index (κ2) is 14.1. The zero-order valence-electron chi connectivity index (χ0n) is 28.2. The second-order valence-electron chi connectivity index (χ2n) is 15.3.